The predicted octanol–water partition coefficient (Wildman–Crippen LogP) is 4.61. The maximum Gasteiger partial charge on any atom is 0.500 e. The summed E-state index contributed by atoms with van der Waals surface area (Å²) in [5.41, 5.74) is 0. The zero-order chi connectivity index (χ0) is 14.4. The first-order chi connectivity index (χ1) is 9.24. The molecule has 3 nitrogen and oxygen atoms in total. The average molecular weight is 327 g/mol. The van der Waals surface area contributed by atoms with E-state index in [2.05, 4.69) is 6.92 Å². The number of unbranched alkanes of at least 4 members (excludes halogenated alkanes) is 1. The molecular weight excluding hydrogens is 296 g/mol. The molecule has 0 bridgehead atoms. The Hall–Kier alpha value is 0.797. The van der Waals surface area contributed by atoms with Gasteiger partial charge in [0.25, 0.3) is 0 Å². The first-order valence-electron chi connectivity index (χ1n) is 7.40. The van der Waals surface area contributed by atoms with Crippen molar-refractivity contribution in [3.8, 4) is 0 Å². The van der Waals surface area contributed by atoms with Gasteiger partial charge in [0.2, 0.25) is 0 Å². The summed E-state index contributed by atoms with van der Waals surface area (Å²) in [7, 11) is 1.55. The van der Waals surface area contributed by atoms with Crippen molar-refractivity contribution in [2.45, 2.75) is 53.0 Å². The van der Waals surface area contributed by atoms with Crippen molar-refractivity contribution in [3.05, 3.63) is 0 Å². The Labute approximate surface area is 128 Å². The zero-order valence-electron chi connectivity index (χ0n) is 12.9. The first-order valence-corrected chi connectivity index (χ1v) is 11.8. The number of rotatable bonds is 14. The predicted molar refractivity (Wildman–Crippen MR) is 89.9 cm³/mol. The lowest BCUT2D eigenvalue weighted by Gasteiger charge is -2.28. The van der Waals surface area contributed by atoms with Gasteiger partial charge in [0.05, 0.1) is 0 Å². The molecule has 0 rings (SSSR count). The second-order valence-corrected chi connectivity index (χ2v) is 9.52. The molecule has 0 saturated heterocycles. The van der Waals surface area contributed by atoms with E-state index in [0.717, 1.165) is 18.2 Å². The van der Waals surface area contributed by atoms with Crippen LogP contribution in [-0.2, 0) is 13.3 Å². The van der Waals surface area contributed by atoms with Crippen LogP contribution < -0.4 is 0 Å². The molecule has 0 saturated carbocycles. The van der Waals surface area contributed by atoms with Gasteiger partial charge in [-0.3, -0.25) is 0 Å². The van der Waals surface area contributed by atoms with Gasteiger partial charge in [-0.05, 0) is 33.6 Å². The van der Waals surface area contributed by atoms with Crippen LogP contribution in [0.15, 0.2) is 0 Å². The van der Waals surface area contributed by atoms with E-state index in [1.165, 1.54) is 18.6 Å². The monoisotopic (exact) mass is 326 g/mol. The van der Waals surface area contributed by atoms with E-state index in [-0.39, 0.29) is 0 Å². The van der Waals surface area contributed by atoms with Gasteiger partial charge in [0, 0.05) is 37.4 Å². The molecule has 116 valence electrons. The molecule has 0 atom stereocenters. The van der Waals surface area contributed by atoms with Gasteiger partial charge in [-0.1, -0.05) is 34.9 Å². The molecule has 0 radical (unpaired) electrons. The maximum atomic E-state index is 5.83. The van der Waals surface area contributed by atoms with Crippen LogP contribution in [-0.4, -0.2) is 40.1 Å². The van der Waals surface area contributed by atoms with E-state index in [0.29, 0.717) is 19.8 Å². The minimum atomic E-state index is -2.39. The molecule has 0 aliphatic carbocycles. The Morgan fingerprint density at radius 3 is 1.63 bits per heavy atom. The molecule has 0 spiro atoms. The van der Waals surface area contributed by atoms with E-state index in [1.54, 1.807) is 0 Å². The lowest BCUT2D eigenvalue weighted by Crippen LogP contribution is -2.46. The summed E-state index contributed by atoms with van der Waals surface area (Å²) in [4.78, 5) is 0. The van der Waals surface area contributed by atoms with Gasteiger partial charge in [0.1, 0.15) is 0 Å². The molecule has 0 aliphatic rings. The van der Waals surface area contributed by atoms with Gasteiger partial charge in [-0.2, -0.15) is 0 Å². The fourth-order valence-corrected chi connectivity index (χ4v) is 6.86. The highest BCUT2D eigenvalue weighted by Crippen LogP contribution is 2.26. The van der Waals surface area contributed by atoms with Crippen LogP contribution in [0.1, 0.15) is 47.0 Å². The summed E-state index contributed by atoms with van der Waals surface area (Å²) in [6.45, 7) is 10.3. The highest BCUT2D eigenvalue weighted by molar-refractivity contribution is 8.76. The van der Waals surface area contributed by atoms with Crippen molar-refractivity contribution in [1.82, 2.24) is 0 Å². The fourth-order valence-electron chi connectivity index (χ4n) is 1.67. The van der Waals surface area contributed by atoms with Crippen LogP contribution in [0.3, 0.4) is 0 Å². The molecule has 0 N–H and O–H groups in total. The van der Waals surface area contributed by atoms with Crippen molar-refractivity contribution in [1.29, 1.82) is 0 Å². The Kier molecular flexibility index (Phi) is 14.3. The standard InChI is InChI=1S/C13H30O3S2Si/c1-5-9-11-17-18-12-10-13-19(14-6-2,15-7-3)16-8-4/h5-13H2,1-4H3. The van der Waals surface area contributed by atoms with Crippen molar-refractivity contribution < 1.29 is 13.3 Å². The SMILES string of the molecule is CCCCSSCCC[Si](OCC)(OCC)OCC. The molecule has 0 unspecified atom stereocenters. The summed E-state index contributed by atoms with van der Waals surface area (Å²) in [5, 5.41) is 0. The number of hydrogen-bond donors (Lipinski definition) is 0. The number of hydrogen-bond acceptors (Lipinski definition) is 5. The molecule has 6 heteroatoms. The molecule has 0 aromatic heterocycles. The molecule has 0 aromatic carbocycles. The Morgan fingerprint density at radius 1 is 0.737 bits per heavy atom. The Balaban J connectivity index is 3.89. The molecule has 0 amide bonds. The summed E-state index contributed by atoms with van der Waals surface area (Å²) < 4.78 is 17.5. The second kappa shape index (κ2) is 13.8. The smallest absolute Gasteiger partial charge is 0.374 e. The van der Waals surface area contributed by atoms with Crippen LogP contribution in [0, 0.1) is 0 Å². The Bertz CT molecular complexity index is 180. The van der Waals surface area contributed by atoms with Gasteiger partial charge in [0.15, 0.2) is 0 Å². The summed E-state index contributed by atoms with van der Waals surface area (Å²) >= 11 is 0. The molecule has 0 heterocycles. The van der Waals surface area contributed by atoms with E-state index in [1.807, 2.05) is 42.4 Å². The van der Waals surface area contributed by atoms with Crippen LogP contribution >= 0.6 is 21.6 Å². The lowest BCUT2D eigenvalue weighted by molar-refractivity contribution is 0.0712. The first kappa shape index (κ1) is 19.8. The van der Waals surface area contributed by atoms with Gasteiger partial charge < -0.3 is 13.3 Å². The van der Waals surface area contributed by atoms with Crippen LogP contribution in [0.5, 0.6) is 0 Å². The highest BCUT2D eigenvalue weighted by Gasteiger charge is 2.39. The lowest BCUT2D eigenvalue weighted by atomic mass is 10.4. The normalized spacial score (nSPS) is 12.0. The summed E-state index contributed by atoms with van der Waals surface area (Å²) in [6, 6.07) is 0.934. The zero-order valence-corrected chi connectivity index (χ0v) is 15.5. The average Bonchev–Trinajstić information content (AvgIpc) is 2.39. The highest BCUT2D eigenvalue weighted by atomic mass is 33.1. The van der Waals surface area contributed by atoms with Crippen molar-refractivity contribution in [2.75, 3.05) is 31.3 Å². The van der Waals surface area contributed by atoms with E-state index >= 15 is 0 Å². The molecule has 19 heavy (non-hydrogen) atoms. The largest absolute Gasteiger partial charge is 0.500 e. The van der Waals surface area contributed by atoms with Crippen LogP contribution in [0.4, 0.5) is 0 Å². The van der Waals surface area contributed by atoms with Crippen LogP contribution in [0.25, 0.3) is 0 Å². The van der Waals surface area contributed by atoms with Gasteiger partial charge in [-0.25, -0.2) is 0 Å². The molecule has 0 aliphatic heterocycles. The molecule has 0 aromatic rings. The van der Waals surface area contributed by atoms with Crippen molar-refractivity contribution in [3.63, 3.8) is 0 Å². The topological polar surface area (TPSA) is 27.7 Å². The quantitative estimate of drug-likeness (QED) is 0.264. The third-order valence-electron chi connectivity index (χ3n) is 2.47. The second-order valence-electron chi connectivity index (χ2n) is 4.08. The van der Waals surface area contributed by atoms with Gasteiger partial charge in [-0.15, -0.1) is 0 Å². The minimum absolute atomic E-state index is 0.671. The Morgan fingerprint density at radius 2 is 1.21 bits per heavy atom. The molecule has 0 fully saturated rings. The fraction of sp³-hybridized carbons (Fsp3) is 1.00. The van der Waals surface area contributed by atoms with E-state index in [9.17, 15) is 0 Å². The third-order valence-corrected chi connectivity index (χ3v) is 8.20. The van der Waals surface area contributed by atoms with Crippen LogP contribution in [0.2, 0.25) is 6.04 Å². The maximum absolute atomic E-state index is 5.83. The van der Waals surface area contributed by atoms with E-state index < -0.39 is 8.80 Å². The minimum Gasteiger partial charge on any atom is -0.374 e. The van der Waals surface area contributed by atoms with Crippen molar-refractivity contribution in [2.24, 2.45) is 0 Å². The van der Waals surface area contributed by atoms with Gasteiger partial charge >= 0.3 is 8.80 Å². The molecular formula is C13H30O3S2Si. The van der Waals surface area contributed by atoms with Crippen molar-refractivity contribution >= 4 is 30.4 Å². The third kappa shape index (κ3) is 10.2. The van der Waals surface area contributed by atoms with E-state index in [4.69, 9.17) is 13.3 Å². The summed E-state index contributed by atoms with van der Waals surface area (Å²) in [6.07, 6.45) is 3.70. The summed E-state index contributed by atoms with van der Waals surface area (Å²) in [5.74, 6) is 2.41.